The van der Waals surface area contributed by atoms with Crippen molar-refractivity contribution in [3.8, 4) is 0 Å². The van der Waals surface area contributed by atoms with E-state index in [4.69, 9.17) is 10.5 Å². The van der Waals surface area contributed by atoms with E-state index < -0.39 is 0 Å². The number of ether oxygens (including phenoxy) is 1. The number of anilines is 1. The first-order chi connectivity index (χ1) is 13.2. The van der Waals surface area contributed by atoms with Crippen LogP contribution in [0.1, 0.15) is 19.3 Å². The standard InChI is InChI=1S/C20H28N4O3.ClH/c21-14-16-6-7-18(27-16)20(26)23-12-10-22(11-13-23)17-8-9-24(19(17)25)15-4-2-1-3-5-15;/h1-5,16-18H,6-14,21H2;1H/t16-,17?,18+;/m1./s1. The Kier molecular flexibility index (Phi) is 6.93. The van der Waals surface area contributed by atoms with E-state index in [2.05, 4.69) is 4.90 Å². The van der Waals surface area contributed by atoms with Gasteiger partial charge in [-0.25, -0.2) is 0 Å². The lowest BCUT2D eigenvalue weighted by atomic mass is 10.1. The van der Waals surface area contributed by atoms with Crippen LogP contribution < -0.4 is 10.6 Å². The van der Waals surface area contributed by atoms with Crippen LogP contribution in [0.5, 0.6) is 0 Å². The Labute approximate surface area is 172 Å². The van der Waals surface area contributed by atoms with E-state index in [1.807, 2.05) is 40.1 Å². The molecule has 3 aliphatic heterocycles. The summed E-state index contributed by atoms with van der Waals surface area (Å²) in [6.45, 7) is 4.00. The van der Waals surface area contributed by atoms with Gasteiger partial charge in [-0.05, 0) is 31.4 Å². The molecular formula is C20H29ClN4O3. The fourth-order valence-electron chi connectivity index (χ4n) is 4.39. The van der Waals surface area contributed by atoms with Crippen molar-refractivity contribution in [2.75, 3.05) is 44.2 Å². The molecule has 0 saturated carbocycles. The zero-order valence-corrected chi connectivity index (χ0v) is 16.9. The fourth-order valence-corrected chi connectivity index (χ4v) is 4.39. The number of hydrogen-bond acceptors (Lipinski definition) is 5. The summed E-state index contributed by atoms with van der Waals surface area (Å²) in [7, 11) is 0. The molecule has 0 spiro atoms. The minimum Gasteiger partial charge on any atom is -0.364 e. The molecule has 1 aromatic carbocycles. The van der Waals surface area contributed by atoms with Gasteiger partial charge >= 0.3 is 0 Å². The summed E-state index contributed by atoms with van der Waals surface area (Å²) in [5.74, 6) is 0.250. The van der Waals surface area contributed by atoms with Crippen LogP contribution in [0.3, 0.4) is 0 Å². The van der Waals surface area contributed by atoms with E-state index >= 15 is 0 Å². The normalized spacial score (nSPS) is 28.5. The van der Waals surface area contributed by atoms with Crippen LogP contribution >= 0.6 is 12.4 Å². The first-order valence-corrected chi connectivity index (χ1v) is 9.92. The molecule has 3 atom stereocenters. The Hall–Kier alpha value is -1.67. The Morgan fingerprint density at radius 2 is 1.75 bits per heavy atom. The molecule has 3 aliphatic rings. The Morgan fingerprint density at radius 3 is 2.39 bits per heavy atom. The Morgan fingerprint density at radius 1 is 1.04 bits per heavy atom. The highest BCUT2D eigenvalue weighted by Gasteiger charge is 2.39. The van der Waals surface area contributed by atoms with Crippen LogP contribution in [-0.4, -0.2) is 79.1 Å². The first-order valence-electron chi connectivity index (χ1n) is 9.92. The third-order valence-corrected chi connectivity index (χ3v) is 5.96. The van der Waals surface area contributed by atoms with Crippen molar-refractivity contribution in [2.24, 2.45) is 5.73 Å². The second-order valence-electron chi connectivity index (χ2n) is 7.55. The summed E-state index contributed by atoms with van der Waals surface area (Å²) < 4.78 is 5.74. The van der Waals surface area contributed by atoms with E-state index in [0.717, 1.165) is 44.6 Å². The smallest absolute Gasteiger partial charge is 0.251 e. The van der Waals surface area contributed by atoms with Crippen LogP contribution in [0.15, 0.2) is 30.3 Å². The van der Waals surface area contributed by atoms with Crippen molar-refractivity contribution >= 4 is 29.9 Å². The average molecular weight is 409 g/mol. The van der Waals surface area contributed by atoms with Gasteiger partial charge in [0.2, 0.25) is 5.91 Å². The predicted molar refractivity (Wildman–Crippen MR) is 110 cm³/mol. The van der Waals surface area contributed by atoms with Gasteiger partial charge in [0.15, 0.2) is 0 Å². The van der Waals surface area contributed by atoms with Crippen molar-refractivity contribution in [1.82, 2.24) is 9.80 Å². The minimum atomic E-state index is -0.341. The molecule has 3 heterocycles. The molecular weight excluding hydrogens is 380 g/mol. The lowest BCUT2D eigenvalue weighted by Gasteiger charge is -2.38. The molecule has 154 valence electrons. The Bertz CT molecular complexity index is 681. The zero-order valence-electron chi connectivity index (χ0n) is 16.0. The molecule has 2 amide bonds. The molecule has 8 heteroatoms. The monoisotopic (exact) mass is 408 g/mol. The third-order valence-electron chi connectivity index (χ3n) is 5.96. The quantitative estimate of drug-likeness (QED) is 0.799. The lowest BCUT2D eigenvalue weighted by Crippen LogP contribution is -2.55. The van der Waals surface area contributed by atoms with E-state index in [1.54, 1.807) is 0 Å². The molecule has 0 aliphatic carbocycles. The molecule has 0 bridgehead atoms. The molecule has 3 saturated heterocycles. The van der Waals surface area contributed by atoms with Gasteiger partial charge in [0.05, 0.1) is 12.1 Å². The maximum Gasteiger partial charge on any atom is 0.251 e. The number of carbonyl (C=O) groups is 2. The van der Waals surface area contributed by atoms with Crippen molar-refractivity contribution in [3.05, 3.63) is 30.3 Å². The fraction of sp³-hybridized carbons (Fsp3) is 0.600. The number of hydrogen-bond donors (Lipinski definition) is 1. The van der Waals surface area contributed by atoms with Gasteiger partial charge in [-0.1, -0.05) is 18.2 Å². The summed E-state index contributed by atoms with van der Waals surface area (Å²) >= 11 is 0. The summed E-state index contributed by atoms with van der Waals surface area (Å²) in [5.41, 5.74) is 6.60. The largest absolute Gasteiger partial charge is 0.364 e. The van der Waals surface area contributed by atoms with E-state index in [1.165, 1.54) is 0 Å². The highest BCUT2D eigenvalue weighted by molar-refractivity contribution is 5.99. The number of carbonyl (C=O) groups excluding carboxylic acids is 2. The molecule has 1 aromatic rings. The van der Waals surface area contributed by atoms with E-state index in [-0.39, 0.29) is 42.5 Å². The molecule has 1 unspecified atom stereocenters. The van der Waals surface area contributed by atoms with Gasteiger partial charge < -0.3 is 20.3 Å². The molecule has 3 fully saturated rings. The van der Waals surface area contributed by atoms with Crippen LogP contribution in [0.2, 0.25) is 0 Å². The number of piperazine rings is 1. The Balaban J connectivity index is 0.00000225. The maximum atomic E-state index is 12.9. The third kappa shape index (κ3) is 4.17. The zero-order chi connectivity index (χ0) is 18.8. The molecule has 2 N–H and O–H groups in total. The average Bonchev–Trinajstić information content (AvgIpc) is 3.35. The molecule has 28 heavy (non-hydrogen) atoms. The topological polar surface area (TPSA) is 79.1 Å². The second-order valence-corrected chi connectivity index (χ2v) is 7.55. The second kappa shape index (κ2) is 9.22. The van der Waals surface area contributed by atoms with Gasteiger partial charge in [0.25, 0.3) is 5.91 Å². The number of nitrogens with two attached hydrogens (primary N) is 1. The minimum absolute atomic E-state index is 0. The summed E-state index contributed by atoms with van der Waals surface area (Å²) in [5, 5.41) is 0. The molecule has 0 radical (unpaired) electrons. The van der Waals surface area contributed by atoms with Crippen LogP contribution in [0, 0.1) is 0 Å². The number of rotatable bonds is 4. The summed E-state index contributed by atoms with van der Waals surface area (Å²) in [4.78, 5) is 31.5. The number of nitrogens with zero attached hydrogens (tertiary/aromatic N) is 3. The van der Waals surface area contributed by atoms with Gasteiger partial charge in [0.1, 0.15) is 6.10 Å². The highest BCUT2D eigenvalue weighted by Crippen LogP contribution is 2.26. The maximum absolute atomic E-state index is 12.9. The SMILES string of the molecule is Cl.NC[C@H]1CC[C@@H](C(=O)N2CCN(C3CCN(c4ccccc4)C3=O)CC2)O1. The summed E-state index contributed by atoms with van der Waals surface area (Å²) in [6, 6.07) is 9.76. The molecule has 7 nitrogen and oxygen atoms in total. The van der Waals surface area contributed by atoms with Crippen LogP contribution in [-0.2, 0) is 14.3 Å². The lowest BCUT2D eigenvalue weighted by molar-refractivity contribution is -0.145. The number of halogens is 1. The summed E-state index contributed by atoms with van der Waals surface area (Å²) in [6.07, 6.45) is 2.13. The number of amides is 2. The van der Waals surface area contributed by atoms with E-state index in [0.29, 0.717) is 19.6 Å². The van der Waals surface area contributed by atoms with Crippen molar-refractivity contribution in [2.45, 2.75) is 37.5 Å². The number of benzene rings is 1. The van der Waals surface area contributed by atoms with Gasteiger partial charge in [-0.2, -0.15) is 0 Å². The number of para-hydroxylation sites is 1. The van der Waals surface area contributed by atoms with Gasteiger partial charge in [0, 0.05) is 45.0 Å². The molecule has 4 rings (SSSR count). The van der Waals surface area contributed by atoms with Gasteiger partial charge in [-0.3, -0.25) is 14.5 Å². The van der Waals surface area contributed by atoms with Crippen LogP contribution in [0.25, 0.3) is 0 Å². The van der Waals surface area contributed by atoms with Crippen molar-refractivity contribution < 1.29 is 14.3 Å². The highest BCUT2D eigenvalue weighted by atomic mass is 35.5. The van der Waals surface area contributed by atoms with Crippen molar-refractivity contribution in [1.29, 1.82) is 0 Å². The first kappa shape index (κ1) is 21.0. The van der Waals surface area contributed by atoms with E-state index in [9.17, 15) is 9.59 Å². The molecule has 0 aromatic heterocycles. The predicted octanol–water partition coefficient (Wildman–Crippen LogP) is 0.864. The van der Waals surface area contributed by atoms with Gasteiger partial charge in [-0.15, -0.1) is 12.4 Å². The van der Waals surface area contributed by atoms with Crippen molar-refractivity contribution in [3.63, 3.8) is 0 Å². The van der Waals surface area contributed by atoms with Crippen LogP contribution in [0.4, 0.5) is 5.69 Å².